The summed E-state index contributed by atoms with van der Waals surface area (Å²) in [7, 11) is 2.58. The van der Waals surface area contributed by atoms with Crippen LogP contribution in [0.3, 0.4) is 0 Å². The fourth-order valence-corrected chi connectivity index (χ4v) is 5.30. The topological polar surface area (TPSA) is 147 Å². The number of non-ortho nitro benzene ring substituents is 1. The average Bonchev–Trinajstić information content (AvgIpc) is 3.36. The number of anilines is 1. The molecule has 0 aliphatic rings. The number of ether oxygens (including phenoxy) is 2. The van der Waals surface area contributed by atoms with E-state index in [0.717, 1.165) is 40.3 Å². The van der Waals surface area contributed by atoms with Crippen LogP contribution in [0.2, 0.25) is 0 Å². The molecule has 0 aliphatic carbocycles. The molecule has 11 nitrogen and oxygen atoms in total. The Labute approximate surface area is 266 Å². The summed E-state index contributed by atoms with van der Waals surface area (Å²) in [5, 5.41) is 25.0. The summed E-state index contributed by atoms with van der Waals surface area (Å²) in [5.41, 5.74) is 1.05. The number of rotatable bonds is 12. The van der Waals surface area contributed by atoms with Crippen LogP contribution >= 0.6 is 0 Å². The maximum Gasteiger partial charge on any atom is 0.573 e. The highest BCUT2D eigenvalue weighted by Gasteiger charge is 2.33. The van der Waals surface area contributed by atoms with Crippen molar-refractivity contribution in [2.24, 2.45) is 0 Å². The molecule has 4 rings (SSSR count). The van der Waals surface area contributed by atoms with Crippen LogP contribution in [-0.4, -0.2) is 52.3 Å². The molecule has 0 aliphatic heterocycles. The molecule has 0 saturated heterocycles. The first-order valence-electron chi connectivity index (χ1n) is 14.3. The van der Waals surface area contributed by atoms with Crippen molar-refractivity contribution < 1.29 is 46.7 Å². The first-order chi connectivity index (χ1) is 22.1. The lowest BCUT2D eigenvalue weighted by Crippen LogP contribution is -2.35. The maximum absolute atomic E-state index is 15.3. The largest absolute Gasteiger partial charge is 0.573 e. The Morgan fingerprint density at radius 3 is 2.51 bits per heavy atom. The van der Waals surface area contributed by atoms with Gasteiger partial charge in [0.15, 0.2) is 5.88 Å². The van der Waals surface area contributed by atoms with Crippen molar-refractivity contribution in [2.45, 2.75) is 51.6 Å². The van der Waals surface area contributed by atoms with Crippen molar-refractivity contribution in [3.8, 4) is 11.6 Å². The third-order valence-electron chi connectivity index (χ3n) is 7.74. The van der Waals surface area contributed by atoms with Gasteiger partial charge in [-0.15, -0.1) is 13.2 Å². The molecule has 2 atom stereocenters. The number of aromatic hydroxyl groups is 1. The summed E-state index contributed by atoms with van der Waals surface area (Å²) in [5.74, 6) is -2.85. The number of nitro groups is 1. The zero-order valence-corrected chi connectivity index (χ0v) is 25.8. The van der Waals surface area contributed by atoms with Crippen molar-refractivity contribution in [3.63, 3.8) is 0 Å². The number of esters is 1. The van der Waals surface area contributed by atoms with Crippen LogP contribution in [0.15, 0.2) is 54.7 Å². The number of carbonyl (C=O) groups excluding carboxylic acids is 2. The summed E-state index contributed by atoms with van der Waals surface area (Å²) in [6.07, 6.45) is -3.02. The molecule has 4 aromatic rings. The third-order valence-corrected chi connectivity index (χ3v) is 7.74. The fraction of sp³-hybridized carbons (Fsp3) is 0.312. The van der Waals surface area contributed by atoms with Gasteiger partial charge in [-0.2, -0.15) is 0 Å². The van der Waals surface area contributed by atoms with Crippen LogP contribution in [-0.2, 0) is 20.9 Å². The normalized spacial score (nSPS) is 12.8. The minimum Gasteiger partial charge on any atom is -0.494 e. The minimum atomic E-state index is -5.11. The molecule has 1 unspecified atom stereocenters. The predicted molar refractivity (Wildman–Crippen MR) is 163 cm³/mol. The van der Waals surface area contributed by atoms with Crippen LogP contribution in [0.5, 0.6) is 11.6 Å². The summed E-state index contributed by atoms with van der Waals surface area (Å²) >= 11 is 0. The summed E-state index contributed by atoms with van der Waals surface area (Å²) in [6.45, 7) is 3.19. The predicted octanol–water partition coefficient (Wildman–Crippen LogP) is 7.00. The second kappa shape index (κ2) is 14.0. The molecule has 47 heavy (non-hydrogen) atoms. The molecule has 250 valence electrons. The Bertz CT molecular complexity index is 1810. The Morgan fingerprint density at radius 2 is 1.87 bits per heavy atom. The Morgan fingerprint density at radius 1 is 1.15 bits per heavy atom. The van der Waals surface area contributed by atoms with Crippen molar-refractivity contribution in [2.75, 3.05) is 19.5 Å². The molecule has 1 aromatic heterocycles. The monoisotopic (exact) mass is 660 g/mol. The molecular formula is C32H32F4N4O7. The molecule has 0 bridgehead atoms. The zero-order valence-electron chi connectivity index (χ0n) is 25.8. The first-order valence-corrected chi connectivity index (χ1v) is 14.3. The van der Waals surface area contributed by atoms with Gasteiger partial charge in [0.1, 0.15) is 17.6 Å². The third kappa shape index (κ3) is 8.28. The van der Waals surface area contributed by atoms with Gasteiger partial charge in [-0.25, -0.2) is 4.39 Å². The number of carbonyl (C=O) groups is 2. The quantitative estimate of drug-likeness (QED) is 0.0637. The van der Waals surface area contributed by atoms with Gasteiger partial charge in [-0.1, -0.05) is 25.1 Å². The molecular weight excluding hydrogens is 628 g/mol. The number of halogens is 4. The Balaban J connectivity index is 1.72. The van der Waals surface area contributed by atoms with Gasteiger partial charge in [0, 0.05) is 54.7 Å². The molecule has 3 aromatic carbocycles. The number of hydrogen-bond donors (Lipinski definition) is 3. The molecule has 3 N–H and O–H groups in total. The van der Waals surface area contributed by atoms with Crippen molar-refractivity contribution in [1.29, 1.82) is 0 Å². The molecule has 0 saturated carbocycles. The van der Waals surface area contributed by atoms with Gasteiger partial charge in [0.25, 0.3) is 5.69 Å². The smallest absolute Gasteiger partial charge is 0.494 e. The fourth-order valence-electron chi connectivity index (χ4n) is 5.30. The number of hydrogen-bond acceptors (Lipinski definition) is 8. The van der Waals surface area contributed by atoms with E-state index in [4.69, 9.17) is 4.74 Å². The number of aromatic nitrogens is 1. The van der Waals surface area contributed by atoms with Crippen molar-refractivity contribution in [1.82, 2.24) is 9.88 Å². The second-order valence-corrected chi connectivity index (χ2v) is 11.1. The van der Waals surface area contributed by atoms with Gasteiger partial charge >= 0.3 is 12.3 Å². The van der Waals surface area contributed by atoms with E-state index in [1.807, 2.05) is 6.92 Å². The number of methoxy groups -OCH3 is 1. The van der Waals surface area contributed by atoms with Gasteiger partial charge in [0.2, 0.25) is 5.91 Å². The maximum atomic E-state index is 15.3. The van der Waals surface area contributed by atoms with Crippen LogP contribution < -0.4 is 10.1 Å². The number of alkyl halides is 3. The van der Waals surface area contributed by atoms with E-state index < -0.39 is 47.0 Å². The molecule has 0 radical (unpaired) electrons. The number of nitro benzene ring substituents is 1. The highest BCUT2D eigenvalue weighted by molar-refractivity contribution is 5.92. The number of aromatic amines is 1. The van der Waals surface area contributed by atoms with E-state index in [1.54, 1.807) is 25.1 Å². The van der Waals surface area contributed by atoms with E-state index in [0.29, 0.717) is 17.4 Å². The van der Waals surface area contributed by atoms with Crippen LogP contribution in [0.25, 0.3) is 10.8 Å². The Kier molecular flexibility index (Phi) is 10.3. The van der Waals surface area contributed by atoms with Gasteiger partial charge in [-0.3, -0.25) is 19.7 Å². The van der Waals surface area contributed by atoms with E-state index in [1.165, 1.54) is 26.4 Å². The number of amides is 1. The summed E-state index contributed by atoms with van der Waals surface area (Å²) in [4.78, 5) is 39.9. The van der Waals surface area contributed by atoms with Crippen molar-refractivity contribution in [3.05, 3.63) is 92.9 Å². The molecule has 1 amide bonds. The number of benzene rings is 3. The number of nitrogens with zero attached hydrogens (tertiary/aromatic N) is 2. The number of fused-ring (bicyclic) bond motifs is 1. The van der Waals surface area contributed by atoms with E-state index in [-0.39, 0.29) is 40.8 Å². The van der Waals surface area contributed by atoms with Crippen LogP contribution in [0.1, 0.15) is 54.0 Å². The number of nitrogens with one attached hydrogen (secondary N) is 2. The van der Waals surface area contributed by atoms with Gasteiger partial charge < -0.3 is 29.8 Å². The lowest BCUT2D eigenvalue weighted by molar-refractivity contribution is -0.385. The molecule has 0 fully saturated rings. The molecule has 1 heterocycles. The SMILES string of the molecule is COC(=O)CC[C@H](C)c1ccc(C(Nc2cc3c(O)[nH]cc3cc2F)C(=O)N(C)Cc2cc([N+](=O)[O-])ccc2OC(F)(F)F)cc1C. The van der Waals surface area contributed by atoms with E-state index >= 15 is 4.39 Å². The average molecular weight is 661 g/mol. The number of aryl methyl sites for hydroxylation is 1. The van der Waals surface area contributed by atoms with Crippen LogP contribution in [0, 0.1) is 22.9 Å². The second-order valence-electron chi connectivity index (χ2n) is 11.1. The lowest BCUT2D eigenvalue weighted by Gasteiger charge is -2.27. The standard InChI is InChI=1S/C32H32F4N4O7/c1-17(5-10-28(41)46-4)23-8-6-19(11-18(23)2)29(38-26-14-24-20(13-25(26)33)15-37-30(24)42)31(43)39(3)16-21-12-22(40(44)45)7-9-27(21)47-32(34,35)36/h6-9,11-15,17,29,37-38,42H,5,10,16H2,1-4H3/t17-,29?/m0/s1. The summed E-state index contributed by atoms with van der Waals surface area (Å²) < 4.78 is 63.4. The van der Waals surface area contributed by atoms with Gasteiger partial charge in [-0.05, 0) is 54.2 Å². The van der Waals surface area contributed by atoms with Gasteiger partial charge in [0.05, 0.1) is 17.7 Å². The minimum absolute atomic E-state index is 0.0646. The number of H-pyrrole nitrogens is 1. The molecule has 15 heteroatoms. The van der Waals surface area contributed by atoms with E-state index in [2.05, 4.69) is 15.0 Å². The first kappa shape index (κ1) is 34.5. The lowest BCUT2D eigenvalue weighted by atomic mass is 9.90. The van der Waals surface area contributed by atoms with Crippen LogP contribution in [0.4, 0.5) is 28.9 Å². The highest BCUT2D eigenvalue weighted by atomic mass is 19.4. The van der Waals surface area contributed by atoms with E-state index in [9.17, 15) is 38.0 Å². The molecule has 0 spiro atoms. The summed E-state index contributed by atoms with van der Waals surface area (Å²) in [6, 6.07) is 8.78. The van der Waals surface area contributed by atoms with Crippen molar-refractivity contribution >= 4 is 34.0 Å². The highest BCUT2D eigenvalue weighted by Crippen LogP contribution is 2.35. The Hall–Kier alpha value is -5.34. The number of likely N-dealkylation sites (N-methyl/N-ethyl adjacent to an activating group) is 1. The zero-order chi connectivity index (χ0) is 34.6.